The van der Waals surface area contributed by atoms with E-state index in [9.17, 15) is 10.2 Å². The number of nitrogens with zero attached hydrogens (tertiary/aromatic N) is 9. The van der Waals surface area contributed by atoms with E-state index in [4.69, 9.17) is 37.4 Å². The second-order valence-corrected chi connectivity index (χ2v) is 11.0. The van der Waals surface area contributed by atoms with Gasteiger partial charge < -0.3 is 24.4 Å². The van der Waals surface area contributed by atoms with Crippen molar-refractivity contribution in [1.29, 1.82) is 0 Å². The summed E-state index contributed by atoms with van der Waals surface area (Å²) in [5, 5.41) is 40.1. The molecule has 230 valence electrons. The first-order valence-electron chi connectivity index (χ1n) is 13.7. The Morgan fingerprint density at radius 3 is 1.43 bits per heavy atom. The van der Waals surface area contributed by atoms with Gasteiger partial charge in [0.2, 0.25) is 0 Å². The minimum Gasteiger partial charge on any atom is -0.505 e. The zero-order valence-electron chi connectivity index (χ0n) is 23.9. The Hall–Kier alpha value is -5.73. The second-order valence-electron chi connectivity index (χ2n) is 10.1. The van der Waals surface area contributed by atoms with E-state index in [0.29, 0.717) is 43.5 Å². The maximum atomic E-state index is 10.8. The maximum Gasteiger partial charge on any atom is 0.331 e. The summed E-state index contributed by atoms with van der Waals surface area (Å²) in [6.45, 7) is 3.61. The van der Waals surface area contributed by atoms with E-state index >= 15 is 0 Å². The zero-order valence-corrected chi connectivity index (χ0v) is 25.4. The number of benzene rings is 4. The zero-order chi connectivity index (χ0) is 31.9. The topological polar surface area (TPSA) is 168 Å². The molecule has 14 nitrogen and oxygen atoms in total. The number of halogens is 2. The number of hydrogen-bond acceptors (Lipinski definition) is 12. The molecule has 0 aliphatic heterocycles. The molecular formula is C30H21Cl2N9O5. The maximum absolute atomic E-state index is 10.8. The number of ether oxygens (including phenoxy) is 3. The van der Waals surface area contributed by atoms with Gasteiger partial charge in [0.15, 0.2) is 0 Å². The summed E-state index contributed by atoms with van der Waals surface area (Å²) in [6, 6.07) is 18.9. The molecule has 46 heavy (non-hydrogen) atoms. The van der Waals surface area contributed by atoms with Gasteiger partial charge in [-0.1, -0.05) is 23.2 Å². The molecule has 0 bridgehead atoms. The van der Waals surface area contributed by atoms with Gasteiger partial charge in [0, 0.05) is 22.2 Å². The third-order valence-electron chi connectivity index (χ3n) is 6.34. The molecule has 0 aliphatic rings. The monoisotopic (exact) mass is 657 g/mol. The molecule has 16 heteroatoms. The Kier molecular flexibility index (Phi) is 7.34. The summed E-state index contributed by atoms with van der Waals surface area (Å²) in [6.07, 6.45) is -0.270. The van der Waals surface area contributed by atoms with E-state index in [1.807, 2.05) is 0 Å². The number of phenols is 2. The number of aromatic hydroxyl groups is 2. The lowest BCUT2D eigenvalue weighted by atomic mass is 10.3. The van der Waals surface area contributed by atoms with Gasteiger partial charge in [0.1, 0.15) is 56.4 Å². The van der Waals surface area contributed by atoms with Crippen LogP contribution in [0.25, 0.3) is 33.4 Å². The number of aromatic nitrogens is 9. The number of phenolic OH excluding ortho intramolecular Hbond substituents is 2. The lowest BCUT2D eigenvalue weighted by Gasteiger charge is -2.12. The summed E-state index contributed by atoms with van der Waals surface area (Å²) < 4.78 is 17.3. The summed E-state index contributed by atoms with van der Waals surface area (Å²) >= 11 is 12.1. The van der Waals surface area contributed by atoms with Gasteiger partial charge in [-0.05, 0) is 74.5 Å². The fourth-order valence-electron chi connectivity index (χ4n) is 4.35. The van der Waals surface area contributed by atoms with E-state index < -0.39 is 0 Å². The molecule has 0 unspecified atom stereocenters. The number of fused-ring (bicyclic) bond motifs is 2. The van der Waals surface area contributed by atoms with Crippen LogP contribution in [-0.2, 0) is 0 Å². The molecule has 0 atom stereocenters. The Morgan fingerprint density at radius 1 is 0.565 bits per heavy atom. The highest BCUT2D eigenvalue weighted by atomic mass is 35.5. The molecule has 4 aromatic carbocycles. The summed E-state index contributed by atoms with van der Waals surface area (Å²) in [4.78, 5) is 15.2. The largest absolute Gasteiger partial charge is 0.505 e. The normalized spacial score (nSPS) is 11.4. The van der Waals surface area contributed by atoms with Crippen LogP contribution in [0, 0.1) is 0 Å². The van der Waals surface area contributed by atoms with Crippen LogP contribution in [0.5, 0.6) is 41.0 Å². The predicted octanol–water partition coefficient (Wildman–Crippen LogP) is 6.43. The molecule has 3 aromatic heterocycles. The first-order chi connectivity index (χ1) is 22.2. The third-order valence-corrected chi connectivity index (χ3v) is 6.81. The summed E-state index contributed by atoms with van der Waals surface area (Å²) in [5.41, 5.74) is 2.99. The predicted molar refractivity (Wildman–Crippen MR) is 167 cm³/mol. The van der Waals surface area contributed by atoms with Crippen LogP contribution >= 0.6 is 23.2 Å². The van der Waals surface area contributed by atoms with Crippen molar-refractivity contribution in [2.24, 2.45) is 0 Å². The van der Waals surface area contributed by atoms with Crippen LogP contribution in [0.4, 0.5) is 0 Å². The van der Waals surface area contributed by atoms with E-state index in [1.54, 1.807) is 74.5 Å². The highest BCUT2D eigenvalue weighted by Crippen LogP contribution is 2.32. The van der Waals surface area contributed by atoms with Crippen molar-refractivity contribution >= 4 is 45.3 Å². The molecule has 0 fully saturated rings. The van der Waals surface area contributed by atoms with Crippen molar-refractivity contribution in [1.82, 2.24) is 44.9 Å². The minimum atomic E-state index is -0.270. The van der Waals surface area contributed by atoms with E-state index in [2.05, 4.69) is 35.3 Å². The lowest BCUT2D eigenvalue weighted by Crippen LogP contribution is -2.10. The fraction of sp³-hybridized carbons (Fsp3) is 0.100. The van der Waals surface area contributed by atoms with Gasteiger partial charge >= 0.3 is 18.0 Å². The quantitative estimate of drug-likeness (QED) is 0.184. The van der Waals surface area contributed by atoms with E-state index in [1.165, 1.54) is 21.7 Å². The van der Waals surface area contributed by atoms with Gasteiger partial charge in [-0.3, -0.25) is 0 Å². The van der Waals surface area contributed by atoms with Crippen LogP contribution < -0.4 is 14.2 Å². The van der Waals surface area contributed by atoms with Crippen molar-refractivity contribution in [2.75, 3.05) is 0 Å². The first kappa shape index (κ1) is 29.0. The Morgan fingerprint density at radius 2 is 1.00 bits per heavy atom. The lowest BCUT2D eigenvalue weighted by molar-refractivity contribution is 0.214. The molecule has 0 aliphatic carbocycles. The average molecular weight is 658 g/mol. The first-order valence-corrected chi connectivity index (χ1v) is 14.4. The fourth-order valence-corrected chi connectivity index (χ4v) is 4.68. The van der Waals surface area contributed by atoms with Crippen molar-refractivity contribution < 1.29 is 24.4 Å². The third kappa shape index (κ3) is 5.98. The van der Waals surface area contributed by atoms with Gasteiger partial charge in [-0.15, -0.1) is 44.9 Å². The summed E-state index contributed by atoms with van der Waals surface area (Å²) in [7, 11) is 0. The van der Waals surface area contributed by atoms with Gasteiger partial charge in [0.25, 0.3) is 0 Å². The van der Waals surface area contributed by atoms with Crippen LogP contribution in [0.3, 0.4) is 0 Å². The van der Waals surface area contributed by atoms with Crippen molar-refractivity contribution in [3.63, 3.8) is 0 Å². The molecule has 7 aromatic rings. The molecule has 7 rings (SSSR count). The Bertz CT molecular complexity index is 2110. The van der Waals surface area contributed by atoms with Crippen molar-refractivity contribution in [3.05, 3.63) is 82.8 Å². The highest BCUT2D eigenvalue weighted by molar-refractivity contribution is 6.31. The van der Waals surface area contributed by atoms with Crippen molar-refractivity contribution in [3.8, 4) is 52.4 Å². The Balaban J connectivity index is 1.14. The molecule has 0 radical (unpaired) electrons. The van der Waals surface area contributed by atoms with Gasteiger partial charge in [-0.25, -0.2) is 0 Å². The van der Waals surface area contributed by atoms with Crippen LogP contribution in [0.2, 0.25) is 10.0 Å². The molecule has 0 saturated carbocycles. The standard InChI is InChI=1S/C30H21Cl2N9O5/c1-15(2)44-28-33-29(45-18-5-9-24(26(42)13-18)40-36-20-7-3-16(31)11-22(20)38-40)35-30(34-28)46-19-6-10-25(27(43)14-19)41-37-21-8-4-17(32)12-23(21)39-41/h3-15,42-43H,1-2H3. The second kappa shape index (κ2) is 11.6. The average Bonchev–Trinajstić information content (AvgIpc) is 3.60. The van der Waals surface area contributed by atoms with Crippen molar-refractivity contribution in [2.45, 2.75) is 20.0 Å². The molecule has 0 saturated heterocycles. The molecular weight excluding hydrogens is 637 g/mol. The van der Waals surface area contributed by atoms with Gasteiger partial charge in [0.05, 0.1) is 6.10 Å². The van der Waals surface area contributed by atoms with Crippen LogP contribution in [0.1, 0.15) is 13.8 Å². The van der Waals surface area contributed by atoms with Crippen LogP contribution in [0.15, 0.2) is 72.8 Å². The number of hydrogen-bond donors (Lipinski definition) is 2. The van der Waals surface area contributed by atoms with Gasteiger partial charge in [-0.2, -0.15) is 0 Å². The van der Waals surface area contributed by atoms with Crippen LogP contribution in [-0.4, -0.2) is 61.3 Å². The molecule has 2 N–H and O–H groups in total. The molecule has 0 spiro atoms. The van der Waals surface area contributed by atoms with E-state index in [0.717, 1.165) is 0 Å². The highest BCUT2D eigenvalue weighted by Gasteiger charge is 2.17. The summed E-state index contributed by atoms with van der Waals surface area (Å²) in [5.74, 6) is 0.0877. The molecule has 3 heterocycles. The smallest absolute Gasteiger partial charge is 0.331 e. The SMILES string of the molecule is CC(C)Oc1nc(Oc2ccc(-n3nc4ccc(Cl)cc4n3)c(O)c2)nc(Oc2ccc(-n3nc4ccc(Cl)cc4n3)c(O)c2)n1. The Labute approximate surface area is 269 Å². The number of rotatable bonds is 8. The van der Waals surface area contributed by atoms with E-state index in [-0.39, 0.29) is 47.1 Å². The molecule has 0 amide bonds. The minimum absolute atomic E-state index is 0.0612.